The molecule has 1 aliphatic heterocycles. The van der Waals surface area contributed by atoms with E-state index in [1.54, 1.807) is 12.3 Å². The summed E-state index contributed by atoms with van der Waals surface area (Å²) >= 11 is 0. The summed E-state index contributed by atoms with van der Waals surface area (Å²) in [6.45, 7) is 2.72. The fourth-order valence-corrected chi connectivity index (χ4v) is 3.02. The van der Waals surface area contributed by atoms with Gasteiger partial charge in [0.1, 0.15) is 17.7 Å². The number of halogens is 1. The molecular formula is C18H18FN5. The van der Waals surface area contributed by atoms with Gasteiger partial charge < -0.3 is 10.2 Å². The molecule has 24 heavy (non-hydrogen) atoms. The van der Waals surface area contributed by atoms with Gasteiger partial charge in [-0.3, -0.25) is 0 Å². The van der Waals surface area contributed by atoms with Crippen molar-refractivity contribution in [3.05, 3.63) is 54.2 Å². The molecule has 1 fully saturated rings. The van der Waals surface area contributed by atoms with Gasteiger partial charge in [0.2, 0.25) is 0 Å². The first-order chi connectivity index (χ1) is 11.7. The van der Waals surface area contributed by atoms with E-state index in [4.69, 9.17) is 0 Å². The summed E-state index contributed by atoms with van der Waals surface area (Å²) in [4.78, 5) is 14.9. The lowest BCUT2D eigenvalue weighted by atomic mass is 10.1. The van der Waals surface area contributed by atoms with Gasteiger partial charge >= 0.3 is 0 Å². The van der Waals surface area contributed by atoms with Crippen LogP contribution in [0.15, 0.2) is 42.9 Å². The Kier molecular flexibility index (Phi) is 3.92. The Bertz CT molecular complexity index is 876. The van der Waals surface area contributed by atoms with E-state index in [-0.39, 0.29) is 5.82 Å². The number of fused-ring (bicyclic) bond motifs is 1. The maximum absolute atomic E-state index is 14.0. The monoisotopic (exact) mass is 323 g/mol. The van der Waals surface area contributed by atoms with Crippen LogP contribution in [0, 0.1) is 5.82 Å². The van der Waals surface area contributed by atoms with Crippen LogP contribution >= 0.6 is 0 Å². The lowest BCUT2D eigenvalue weighted by molar-refractivity contribution is 0.161. The Morgan fingerprint density at radius 3 is 2.92 bits per heavy atom. The van der Waals surface area contributed by atoms with E-state index in [0.717, 1.165) is 35.4 Å². The standard InChI is InChI=1S/C18H18FN5/c1-24-9-15(10-24)21-7-12-4-13(6-14(19)5-12)16-2-3-17-18(23-16)8-20-11-22-17/h2-6,8,11,15,21H,7,9-10H2,1H3. The summed E-state index contributed by atoms with van der Waals surface area (Å²) in [6, 6.07) is 9.30. The molecule has 0 atom stereocenters. The minimum Gasteiger partial charge on any atom is -0.307 e. The predicted molar refractivity (Wildman–Crippen MR) is 90.9 cm³/mol. The van der Waals surface area contributed by atoms with Gasteiger partial charge in [-0.25, -0.2) is 19.3 Å². The van der Waals surface area contributed by atoms with E-state index in [0.29, 0.717) is 18.1 Å². The molecule has 0 spiro atoms. The number of likely N-dealkylation sites (N-methyl/N-ethyl adjacent to an activating group) is 1. The minimum atomic E-state index is -0.249. The zero-order chi connectivity index (χ0) is 16.5. The second kappa shape index (κ2) is 6.22. The Balaban J connectivity index is 1.59. The molecule has 5 nitrogen and oxygen atoms in total. The highest BCUT2D eigenvalue weighted by atomic mass is 19.1. The second-order valence-corrected chi connectivity index (χ2v) is 6.27. The number of aromatic nitrogens is 3. The van der Waals surface area contributed by atoms with E-state index < -0.39 is 0 Å². The molecule has 3 heterocycles. The van der Waals surface area contributed by atoms with Crippen LogP contribution in [0.5, 0.6) is 0 Å². The van der Waals surface area contributed by atoms with Crippen molar-refractivity contribution >= 4 is 11.0 Å². The zero-order valence-electron chi connectivity index (χ0n) is 13.4. The Hall–Kier alpha value is -2.44. The Morgan fingerprint density at radius 2 is 2.08 bits per heavy atom. The third kappa shape index (κ3) is 3.11. The second-order valence-electron chi connectivity index (χ2n) is 6.27. The number of nitrogens with one attached hydrogen (secondary N) is 1. The van der Waals surface area contributed by atoms with Crippen molar-refractivity contribution in [2.75, 3.05) is 20.1 Å². The molecule has 0 amide bonds. The average molecular weight is 323 g/mol. The zero-order valence-corrected chi connectivity index (χ0v) is 13.4. The number of benzene rings is 1. The smallest absolute Gasteiger partial charge is 0.124 e. The van der Waals surface area contributed by atoms with Crippen LogP contribution in [0.3, 0.4) is 0 Å². The largest absolute Gasteiger partial charge is 0.307 e. The predicted octanol–water partition coefficient (Wildman–Crippen LogP) is 2.23. The van der Waals surface area contributed by atoms with E-state index in [2.05, 4.69) is 32.2 Å². The summed E-state index contributed by atoms with van der Waals surface area (Å²) in [7, 11) is 2.09. The molecule has 2 aromatic heterocycles. The molecule has 122 valence electrons. The van der Waals surface area contributed by atoms with Gasteiger partial charge in [-0.2, -0.15) is 0 Å². The molecule has 1 aliphatic rings. The maximum Gasteiger partial charge on any atom is 0.124 e. The molecular weight excluding hydrogens is 305 g/mol. The van der Waals surface area contributed by atoms with Gasteiger partial charge in [0.05, 0.1) is 17.4 Å². The summed E-state index contributed by atoms with van der Waals surface area (Å²) in [5, 5.41) is 3.45. The first kappa shape index (κ1) is 15.1. The number of hydrogen-bond acceptors (Lipinski definition) is 5. The SMILES string of the molecule is CN1CC(NCc2cc(F)cc(-c3ccc4ncncc4n3)c2)C1. The maximum atomic E-state index is 14.0. The topological polar surface area (TPSA) is 53.9 Å². The van der Waals surface area contributed by atoms with Crippen molar-refractivity contribution in [1.29, 1.82) is 0 Å². The van der Waals surface area contributed by atoms with Crippen LogP contribution in [0.1, 0.15) is 5.56 Å². The normalized spacial score (nSPS) is 15.6. The Morgan fingerprint density at radius 1 is 1.21 bits per heavy atom. The van der Waals surface area contributed by atoms with Crippen molar-refractivity contribution in [1.82, 2.24) is 25.2 Å². The van der Waals surface area contributed by atoms with Gasteiger partial charge in [-0.15, -0.1) is 0 Å². The molecule has 4 rings (SSSR count). The molecule has 0 aliphatic carbocycles. The van der Waals surface area contributed by atoms with Crippen LogP contribution in [0.2, 0.25) is 0 Å². The summed E-state index contributed by atoms with van der Waals surface area (Å²) in [6.07, 6.45) is 3.16. The molecule has 1 saturated heterocycles. The van der Waals surface area contributed by atoms with E-state index >= 15 is 0 Å². The van der Waals surface area contributed by atoms with Crippen LogP contribution in [0.25, 0.3) is 22.3 Å². The number of likely N-dealkylation sites (tertiary alicyclic amines) is 1. The van der Waals surface area contributed by atoms with Crippen LogP contribution in [0.4, 0.5) is 4.39 Å². The van der Waals surface area contributed by atoms with E-state index in [1.165, 1.54) is 12.4 Å². The van der Waals surface area contributed by atoms with Crippen molar-refractivity contribution in [3.8, 4) is 11.3 Å². The first-order valence-corrected chi connectivity index (χ1v) is 7.96. The van der Waals surface area contributed by atoms with Gasteiger partial charge in [-0.05, 0) is 42.9 Å². The highest BCUT2D eigenvalue weighted by Crippen LogP contribution is 2.22. The molecule has 0 radical (unpaired) electrons. The van der Waals surface area contributed by atoms with E-state index in [9.17, 15) is 4.39 Å². The Labute approximate surface area is 139 Å². The highest BCUT2D eigenvalue weighted by Gasteiger charge is 2.22. The average Bonchev–Trinajstić information content (AvgIpc) is 2.57. The number of rotatable bonds is 4. The molecule has 1 N–H and O–H groups in total. The van der Waals surface area contributed by atoms with Gasteiger partial charge in [-0.1, -0.05) is 0 Å². The molecule has 3 aromatic rings. The minimum absolute atomic E-state index is 0.249. The van der Waals surface area contributed by atoms with Crippen molar-refractivity contribution in [3.63, 3.8) is 0 Å². The van der Waals surface area contributed by atoms with Crippen molar-refractivity contribution in [2.24, 2.45) is 0 Å². The first-order valence-electron chi connectivity index (χ1n) is 7.96. The number of nitrogens with zero attached hydrogens (tertiary/aromatic N) is 4. The van der Waals surface area contributed by atoms with Crippen LogP contribution in [-0.4, -0.2) is 46.0 Å². The van der Waals surface area contributed by atoms with Gasteiger partial charge in [0, 0.05) is 31.2 Å². The van der Waals surface area contributed by atoms with Crippen molar-refractivity contribution in [2.45, 2.75) is 12.6 Å². The molecule has 0 bridgehead atoms. The molecule has 1 aromatic carbocycles. The third-order valence-corrected chi connectivity index (χ3v) is 4.28. The van der Waals surface area contributed by atoms with Crippen LogP contribution in [-0.2, 0) is 6.54 Å². The summed E-state index contributed by atoms with van der Waals surface area (Å²) < 4.78 is 14.0. The van der Waals surface area contributed by atoms with Gasteiger partial charge in [0.25, 0.3) is 0 Å². The van der Waals surface area contributed by atoms with E-state index in [1.807, 2.05) is 18.2 Å². The highest BCUT2D eigenvalue weighted by molar-refractivity contribution is 5.77. The molecule has 0 unspecified atom stereocenters. The number of pyridine rings is 1. The lowest BCUT2D eigenvalue weighted by Gasteiger charge is -2.36. The van der Waals surface area contributed by atoms with Crippen molar-refractivity contribution < 1.29 is 4.39 Å². The quantitative estimate of drug-likeness (QED) is 0.798. The fraction of sp³-hybridized carbons (Fsp3) is 0.278. The van der Waals surface area contributed by atoms with Crippen LogP contribution < -0.4 is 5.32 Å². The summed E-state index contributed by atoms with van der Waals surface area (Å²) in [5.41, 5.74) is 3.90. The molecule has 0 saturated carbocycles. The third-order valence-electron chi connectivity index (χ3n) is 4.28. The lowest BCUT2D eigenvalue weighted by Crippen LogP contribution is -2.55. The summed E-state index contributed by atoms with van der Waals surface area (Å²) in [5.74, 6) is -0.249. The number of hydrogen-bond donors (Lipinski definition) is 1. The van der Waals surface area contributed by atoms with Gasteiger partial charge in [0.15, 0.2) is 0 Å². The molecule has 6 heteroatoms. The fourth-order valence-electron chi connectivity index (χ4n) is 3.02.